The fraction of sp³-hybridized carbons (Fsp3) is 0.529. The van der Waals surface area contributed by atoms with Crippen LogP contribution in [0, 0.1) is 10.1 Å². The Hall–Kier alpha value is -2.48. The van der Waals surface area contributed by atoms with Gasteiger partial charge in [-0.3, -0.25) is 19.7 Å². The van der Waals surface area contributed by atoms with E-state index in [2.05, 4.69) is 28.1 Å². The molecule has 0 unspecified atom stereocenters. The van der Waals surface area contributed by atoms with Gasteiger partial charge >= 0.3 is 5.69 Å². The molecule has 1 aliphatic rings. The summed E-state index contributed by atoms with van der Waals surface area (Å²) in [6.45, 7) is 7.29. The maximum absolute atomic E-state index is 11.2. The van der Waals surface area contributed by atoms with Crippen LogP contribution in [-0.4, -0.2) is 50.8 Å². The number of hydrogen-bond acceptors (Lipinski definition) is 6. The topological polar surface area (TPSA) is 80.3 Å². The highest BCUT2D eigenvalue weighted by atomic mass is 16.6. The molecule has 0 amide bonds. The number of aryl methyl sites for hydroxylation is 1. The van der Waals surface area contributed by atoms with Gasteiger partial charge in [-0.2, -0.15) is 5.10 Å². The summed E-state index contributed by atoms with van der Waals surface area (Å²) in [5.41, 5.74) is 1.29. The number of nitro groups is 1. The van der Waals surface area contributed by atoms with Crippen molar-refractivity contribution in [3.05, 3.63) is 46.4 Å². The number of aromatic nitrogens is 3. The first kappa shape index (κ1) is 17.3. The van der Waals surface area contributed by atoms with Gasteiger partial charge in [-0.05, 0) is 18.9 Å². The van der Waals surface area contributed by atoms with Gasteiger partial charge in [0.25, 0.3) is 0 Å². The lowest BCUT2D eigenvalue weighted by Crippen LogP contribution is -2.31. The van der Waals surface area contributed by atoms with Crippen molar-refractivity contribution in [2.75, 3.05) is 31.1 Å². The summed E-state index contributed by atoms with van der Waals surface area (Å²) >= 11 is 0. The number of anilines is 1. The van der Waals surface area contributed by atoms with E-state index >= 15 is 0 Å². The molecule has 0 bridgehead atoms. The molecule has 3 heterocycles. The smallest absolute Gasteiger partial charge is 0.311 e. The van der Waals surface area contributed by atoms with Crippen molar-refractivity contribution in [1.29, 1.82) is 0 Å². The van der Waals surface area contributed by atoms with Crippen molar-refractivity contribution in [2.45, 2.75) is 32.9 Å². The summed E-state index contributed by atoms with van der Waals surface area (Å²) in [4.78, 5) is 19.5. The van der Waals surface area contributed by atoms with E-state index in [0.29, 0.717) is 5.82 Å². The Morgan fingerprint density at radius 2 is 2.16 bits per heavy atom. The van der Waals surface area contributed by atoms with Gasteiger partial charge < -0.3 is 4.90 Å². The van der Waals surface area contributed by atoms with Crippen molar-refractivity contribution in [2.24, 2.45) is 0 Å². The highest BCUT2D eigenvalue weighted by molar-refractivity contribution is 5.57. The van der Waals surface area contributed by atoms with Crippen LogP contribution in [0.5, 0.6) is 0 Å². The summed E-state index contributed by atoms with van der Waals surface area (Å²) < 4.78 is 1.98. The number of rotatable bonds is 6. The fourth-order valence-electron chi connectivity index (χ4n) is 3.21. The van der Waals surface area contributed by atoms with Gasteiger partial charge in [0.1, 0.15) is 0 Å². The van der Waals surface area contributed by atoms with Crippen molar-refractivity contribution in [3.63, 3.8) is 0 Å². The van der Waals surface area contributed by atoms with Crippen LogP contribution in [0.1, 0.15) is 25.3 Å². The van der Waals surface area contributed by atoms with Gasteiger partial charge in [0, 0.05) is 63.3 Å². The van der Waals surface area contributed by atoms with Gasteiger partial charge in [-0.15, -0.1) is 0 Å². The Morgan fingerprint density at radius 1 is 1.28 bits per heavy atom. The molecule has 0 saturated carbocycles. The number of pyridine rings is 1. The van der Waals surface area contributed by atoms with Crippen LogP contribution in [0.2, 0.25) is 0 Å². The average Bonchev–Trinajstić information content (AvgIpc) is 2.91. The minimum atomic E-state index is -0.354. The standard InChI is InChI=1S/C17H24N6O2/c1-2-7-22-14-15(12-19-22)13-20-8-4-9-21(11-10-20)17-16(23(24)25)5-3-6-18-17/h3,5-6,12,14H,2,4,7-11,13H2,1H3. The second-order valence-electron chi connectivity index (χ2n) is 6.33. The Balaban J connectivity index is 1.63. The lowest BCUT2D eigenvalue weighted by molar-refractivity contribution is -0.384. The maximum atomic E-state index is 11.2. The molecule has 8 heteroatoms. The molecule has 1 aliphatic heterocycles. The van der Waals surface area contributed by atoms with Crippen LogP contribution in [0.3, 0.4) is 0 Å². The first-order chi connectivity index (χ1) is 12.2. The third-order valence-corrected chi connectivity index (χ3v) is 4.40. The highest BCUT2D eigenvalue weighted by Crippen LogP contribution is 2.25. The van der Waals surface area contributed by atoms with E-state index in [0.717, 1.165) is 52.1 Å². The maximum Gasteiger partial charge on any atom is 0.311 e. The van der Waals surface area contributed by atoms with Crippen LogP contribution in [0.15, 0.2) is 30.7 Å². The highest BCUT2D eigenvalue weighted by Gasteiger charge is 2.23. The summed E-state index contributed by atoms with van der Waals surface area (Å²) in [5.74, 6) is 0.477. The van der Waals surface area contributed by atoms with Crippen molar-refractivity contribution >= 4 is 11.5 Å². The van der Waals surface area contributed by atoms with Gasteiger partial charge in [-0.1, -0.05) is 6.92 Å². The fourth-order valence-corrected chi connectivity index (χ4v) is 3.21. The number of nitrogens with zero attached hydrogens (tertiary/aromatic N) is 6. The SMILES string of the molecule is CCCn1cc(CN2CCCN(c3ncccc3[N+](=O)[O-])CC2)cn1. The molecule has 0 N–H and O–H groups in total. The van der Waals surface area contributed by atoms with E-state index in [1.807, 2.05) is 15.8 Å². The molecule has 2 aromatic rings. The molecule has 0 radical (unpaired) electrons. The number of hydrogen-bond donors (Lipinski definition) is 0. The predicted octanol–water partition coefficient (Wildman–Crippen LogP) is 2.31. The molecule has 25 heavy (non-hydrogen) atoms. The molecular weight excluding hydrogens is 320 g/mol. The zero-order valence-electron chi connectivity index (χ0n) is 14.5. The normalized spacial score (nSPS) is 16.0. The lowest BCUT2D eigenvalue weighted by Gasteiger charge is -2.22. The summed E-state index contributed by atoms with van der Waals surface area (Å²) in [6.07, 6.45) is 7.68. The van der Waals surface area contributed by atoms with Crippen LogP contribution in [0.25, 0.3) is 0 Å². The molecular formula is C17H24N6O2. The first-order valence-electron chi connectivity index (χ1n) is 8.75. The van der Waals surface area contributed by atoms with Crippen LogP contribution in [-0.2, 0) is 13.1 Å². The van der Waals surface area contributed by atoms with Crippen LogP contribution in [0.4, 0.5) is 11.5 Å². The van der Waals surface area contributed by atoms with Crippen molar-refractivity contribution in [3.8, 4) is 0 Å². The third kappa shape index (κ3) is 4.33. The molecule has 0 aromatic carbocycles. The molecule has 0 atom stereocenters. The van der Waals surface area contributed by atoms with E-state index in [1.165, 1.54) is 11.6 Å². The summed E-state index contributed by atoms with van der Waals surface area (Å²) in [6, 6.07) is 3.13. The van der Waals surface area contributed by atoms with Gasteiger partial charge in [0.05, 0.1) is 11.1 Å². The summed E-state index contributed by atoms with van der Waals surface area (Å²) in [7, 11) is 0. The molecule has 0 aliphatic carbocycles. The van der Waals surface area contributed by atoms with Gasteiger partial charge in [-0.25, -0.2) is 4.98 Å². The first-order valence-corrected chi connectivity index (χ1v) is 8.75. The molecule has 3 rings (SSSR count). The Morgan fingerprint density at radius 3 is 2.96 bits per heavy atom. The van der Waals surface area contributed by atoms with E-state index in [-0.39, 0.29) is 10.6 Å². The quantitative estimate of drug-likeness (QED) is 0.591. The minimum Gasteiger partial charge on any atom is -0.350 e. The zero-order valence-corrected chi connectivity index (χ0v) is 14.5. The second-order valence-corrected chi connectivity index (χ2v) is 6.33. The molecule has 1 saturated heterocycles. The average molecular weight is 344 g/mol. The van der Waals surface area contributed by atoms with E-state index in [1.54, 1.807) is 12.3 Å². The van der Waals surface area contributed by atoms with Crippen LogP contribution >= 0.6 is 0 Å². The molecule has 2 aromatic heterocycles. The lowest BCUT2D eigenvalue weighted by atomic mass is 10.3. The van der Waals surface area contributed by atoms with Crippen molar-refractivity contribution < 1.29 is 4.92 Å². The molecule has 1 fully saturated rings. The largest absolute Gasteiger partial charge is 0.350 e. The van der Waals surface area contributed by atoms with E-state index < -0.39 is 0 Å². The molecule has 8 nitrogen and oxygen atoms in total. The van der Waals surface area contributed by atoms with E-state index in [4.69, 9.17) is 0 Å². The summed E-state index contributed by atoms with van der Waals surface area (Å²) in [5, 5.41) is 15.6. The Kier molecular flexibility index (Phi) is 5.60. The van der Waals surface area contributed by atoms with Crippen LogP contribution < -0.4 is 4.90 Å². The van der Waals surface area contributed by atoms with Gasteiger partial charge in [0.2, 0.25) is 5.82 Å². The van der Waals surface area contributed by atoms with Crippen molar-refractivity contribution in [1.82, 2.24) is 19.7 Å². The Bertz CT molecular complexity index is 717. The minimum absolute atomic E-state index is 0.0804. The van der Waals surface area contributed by atoms with Gasteiger partial charge in [0.15, 0.2) is 0 Å². The second kappa shape index (κ2) is 8.06. The zero-order chi connectivity index (χ0) is 17.6. The Labute approximate surface area is 147 Å². The predicted molar refractivity (Wildman–Crippen MR) is 95.5 cm³/mol. The monoisotopic (exact) mass is 344 g/mol. The molecule has 134 valence electrons. The molecule has 0 spiro atoms. The third-order valence-electron chi connectivity index (χ3n) is 4.40. The van der Waals surface area contributed by atoms with E-state index in [9.17, 15) is 10.1 Å².